The zero-order valence-electron chi connectivity index (χ0n) is 13.1. The molecule has 1 aromatic rings. The molecule has 2 aliphatic heterocycles. The molecule has 5 rings (SSSR count). The van der Waals surface area contributed by atoms with E-state index in [-0.39, 0.29) is 17.3 Å². The number of hydrogen-bond acceptors (Lipinski definition) is 4. The Hall–Kier alpha value is -1.55. The molecule has 4 atom stereocenters. The first-order valence-electron chi connectivity index (χ1n) is 8.27. The number of benzene rings is 1. The molecule has 4 aliphatic rings. The van der Waals surface area contributed by atoms with Gasteiger partial charge in [-0.2, -0.15) is 0 Å². The number of nitrogens with zero attached hydrogens (tertiary/aromatic N) is 1. The number of rotatable bonds is 1. The molecule has 2 heterocycles. The SMILES string of the molecule is COc1ccc2c3c1OC1C(=O)CC[C@H]4C(C2)N(C)CC[C@]314. The lowest BCUT2D eigenvalue weighted by molar-refractivity contribution is -0.138. The number of hydrogen-bond donors (Lipinski definition) is 0. The molecule has 1 spiro atoms. The highest BCUT2D eigenvalue weighted by molar-refractivity contribution is 5.89. The number of carbonyl (C=O) groups excluding carboxylic acids is 1. The second kappa shape index (κ2) is 4.05. The van der Waals surface area contributed by atoms with Crippen LogP contribution >= 0.6 is 0 Å². The van der Waals surface area contributed by atoms with Crippen LogP contribution in [-0.4, -0.2) is 43.5 Å². The van der Waals surface area contributed by atoms with Gasteiger partial charge in [-0.1, -0.05) is 6.07 Å². The lowest BCUT2D eigenvalue weighted by Gasteiger charge is -2.57. The molecule has 1 aromatic carbocycles. The van der Waals surface area contributed by atoms with Crippen molar-refractivity contribution in [1.82, 2.24) is 4.90 Å². The minimum absolute atomic E-state index is 0.0933. The van der Waals surface area contributed by atoms with Crippen molar-refractivity contribution in [3.8, 4) is 11.5 Å². The molecule has 2 unspecified atom stereocenters. The highest BCUT2D eigenvalue weighted by atomic mass is 16.5. The van der Waals surface area contributed by atoms with Crippen molar-refractivity contribution in [2.75, 3.05) is 20.7 Å². The Morgan fingerprint density at radius 2 is 2.27 bits per heavy atom. The fraction of sp³-hybridized carbons (Fsp3) is 0.611. The molecule has 2 aliphatic carbocycles. The quantitative estimate of drug-likeness (QED) is 0.794. The van der Waals surface area contributed by atoms with E-state index in [4.69, 9.17) is 9.47 Å². The number of ether oxygens (including phenoxy) is 2. The summed E-state index contributed by atoms with van der Waals surface area (Å²) in [5, 5.41) is 0. The number of Topliss-reactive ketones (excluding diaryl/α,β-unsaturated/α-hetero) is 1. The summed E-state index contributed by atoms with van der Waals surface area (Å²) < 4.78 is 11.8. The number of likely N-dealkylation sites (tertiary alicyclic amines) is 1. The summed E-state index contributed by atoms with van der Waals surface area (Å²) in [7, 11) is 3.91. The second-order valence-electron chi connectivity index (χ2n) is 7.28. The summed E-state index contributed by atoms with van der Waals surface area (Å²) in [5.74, 6) is 2.46. The molecule has 22 heavy (non-hydrogen) atoms. The summed E-state index contributed by atoms with van der Waals surface area (Å²) in [6.45, 7) is 1.05. The van der Waals surface area contributed by atoms with Gasteiger partial charge in [-0.05, 0) is 50.4 Å². The van der Waals surface area contributed by atoms with Crippen LogP contribution in [0, 0.1) is 5.92 Å². The lowest BCUT2D eigenvalue weighted by Crippen LogP contribution is -2.65. The molecule has 0 N–H and O–H groups in total. The first-order chi connectivity index (χ1) is 10.7. The average Bonchev–Trinajstić information content (AvgIpc) is 2.88. The van der Waals surface area contributed by atoms with E-state index in [0.29, 0.717) is 18.4 Å². The van der Waals surface area contributed by atoms with Gasteiger partial charge < -0.3 is 14.4 Å². The Balaban J connectivity index is 1.81. The number of methoxy groups -OCH3 is 1. The third-order valence-electron chi connectivity index (χ3n) is 6.59. The molecule has 1 saturated carbocycles. The highest BCUT2D eigenvalue weighted by Crippen LogP contribution is 2.62. The summed E-state index contributed by atoms with van der Waals surface area (Å²) in [4.78, 5) is 15.1. The molecule has 0 aromatic heterocycles. The summed E-state index contributed by atoms with van der Waals surface area (Å²) in [6.07, 6.45) is 3.47. The van der Waals surface area contributed by atoms with Crippen LogP contribution in [-0.2, 0) is 16.6 Å². The standard InChI is InChI=1S/C18H21NO3/c1-19-8-7-18-11-4-5-13(20)17(18)22-16-14(21-2)6-3-10(15(16)18)9-12(11)19/h3,6,11-12,17H,4-5,7-9H2,1-2H3/t11-,12?,17?,18-/m0/s1. The van der Waals surface area contributed by atoms with Crippen molar-refractivity contribution in [2.24, 2.45) is 5.92 Å². The van der Waals surface area contributed by atoms with Gasteiger partial charge in [0.05, 0.1) is 7.11 Å². The third kappa shape index (κ3) is 1.27. The van der Waals surface area contributed by atoms with E-state index in [1.54, 1.807) is 7.11 Å². The topological polar surface area (TPSA) is 38.8 Å². The van der Waals surface area contributed by atoms with Crippen molar-refractivity contribution in [1.29, 1.82) is 0 Å². The Morgan fingerprint density at radius 1 is 1.41 bits per heavy atom. The smallest absolute Gasteiger partial charge is 0.174 e. The molecule has 2 fully saturated rings. The van der Waals surface area contributed by atoms with Gasteiger partial charge in [-0.3, -0.25) is 4.79 Å². The van der Waals surface area contributed by atoms with E-state index in [0.717, 1.165) is 37.3 Å². The van der Waals surface area contributed by atoms with E-state index >= 15 is 0 Å². The molecule has 2 bridgehead atoms. The number of likely N-dealkylation sites (N-methyl/N-ethyl adjacent to an activating group) is 1. The van der Waals surface area contributed by atoms with Crippen LogP contribution < -0.4 is 9.47 Å². The Bertz CT molecular complexity index is 685. The summed E-state index contributed by atoms with van der Waals surface area (Å²) in [5.41, 5.74) is 2.57. The fourth-order valence-electron chi connectivity index (χ4n) is 5.67. The van der Waals surface area contributed by atoms with Crippen LogP contribution in [0.5, 0.6) is 11.5 Å². The normalized spacial score (nSPS) is 38.5. The fourth-order valence-corrected chi connectivity index (χ4v) is 5.67. The van der Waals surface area contributed by atoms with Crippen molar-refractivity contribution < 1.29 is 14.3 Å². The minimum atomic E-state index is -0.284. The zero-order chi connectivity index (χ0) is 15.1. The highest BCUT2D eigenvalue weighted by Gasteiger charge is 2.65. The van der Waals surface area contributed by atoms with Crippen molar-refractivity contribution in [2.45, 2.75) is 43.2 Å². The predicted octanol–water partition coefficient (Wildman–Crippen LogP) is 1.93. The Labute approximate surface area is 130 Å². The van der Waals surface area contributed by atoms with Crippen LogP contribution in [0.1, 0.15) is 30.4 Å². The third-order valence-corrected chi connectivity index (χ3v) is 6.59. The summed E-state index contributed by atoms with van der Waals surface area (Å²) in [6, 6.07) is 4.73. The van der Waals surface area contributed by atoms with Gasteiger partial charge in [0.25, 0.3) is 0 Å². The van der Waals surface area contributed by atoms with Gasteiger partial charge in [0, 0.05) is 23.4 Å². The molecular formula is C18H21NO3. The van der Waals surface area contributed by atoms with E-state index in [1.165, 1.54) is 11.1 Å². The van der Waals surface area contributed by atoms with Gasteiger partial charge in [0.15, 0.2) is 23.4 Å². The Morgan fingerprint density at radius 3 is 3.09 bits per heavy atom. The largest absolute Gasteiger partial charge is 0.493 e. The Kier molecular flexibility index (Phi) is 2.38. The second-order valence-corrected chi connectivity index (χ2v) is 7.28. The molecule has 116 valence electrons. The van der Waals surface area contributed by atoms with Crippen LogP contribution in [0.3, 0.4) is 0 Å². The van der Waals surface area contributed by atoms with Crippen LogP contribution in [0.4, 0.5) is 0 Å². The van der Waals surface area contributed by atoms with Gasteiger partial charge in [0.2, 0.25) is 0 Å². The van der Waals surface area contributed by atoms with E-state index in [1.807, 2.05) is 6.07 Å². The molecule has 4 heteroatoms. The van der Waals surface area contributed by atoms with Crippen molar-refractivity contribution >= 4 is 5.78 Å². The zero-order valence-corrected chi connectivity index (χ0v) is 13.1. The molecular weight excluding hydrogens is 278 g/mol. The van der Waals surface area contributed by atoms with E-state index in [2.05, 4.69) is 18.0 Å². The van der Waals surface area contributed by atoms with Crippen LogP contribution in [0.2, 0.25) is 0 Å². The van der Waals surface area contributed by atoms with Gasteiger partial charge >= 0.3 is 0 Å². The maximum absolute atomic E-state index is 12.6. The first kappa shape index (κ1) is 12.9. The molecule has 4 nitrogen and oxygen atoms in total. The predicted molar refractivity (Wildman–Crippen MR) is 81.6 cm³/mol. The number of carbonyl (C=O) groups is 1. The number of piperidine rings is 1. The van der Waals surface area contributed by atoms with Gasteiger partial charge in [-0.15, -0.1) is 0 Å². The maximum Gasteiger partial charge on any atom is 0.174 e. The number of ketones is 1. The summed E-state index contributed by atoms with van der Waals surface area (Å²) >= 11 is 0. The van der Waals surface area contributed by atoms with Crippen molar-refractivity contribution in [3.05, 3.63) is 23.3 Å². The van der Waals surface area contributed by atoms with Crippen molar-refractivity contribution in [3.63, 3.8) is 0 Å². The van der Waals surface area contributed by atoms with Gasteiger partial charge in [-0.25, -0.2) is 0 Å². The minimum Gasteiger partial charge on any atom is -0.493 e. The van der Waals surface area contributed by atoms with E-state index < -0.39 is 0 Å². The van der Waals surface area contributed by atoms with E-state index in [9.17, 15) is 4.79 Å². The molecule has 0 amide bonds. The molecule has 1 saturated heterocycles. The maximum atomic E-state index is 12.6. The van der Waals surface area contributed by atoms with Crippen LogP contribution in [0.15, 0.2) is 12.1 Å². The molecule has 0 radical (unpaired) electrons. The average molecular weight is 299 g/mol. The monoisotopic (exact) mass is 299 g/mol. The van der Waals surface area contributed by atoms with Crippen LogP contribution in [0.25, 0.3) is 0 Å². The first-order valence-corrected chi connectivity index (χ1v) is 8.27. The van der Waals surface area contributed by atoms with Gasteiger partial charge in [0.1, 0.15) is 0 Å². The lowest BCUT2D eigenvalue weighted by atomic mass is 9.52.